The van der Waals surface area contributed by atoms with Gasteiger partial charge in [-0.15, -0.1) is 0 Å². The minimum atomic E-state index is -0.319. The van der Waals surface area contributed by atoms with Crippen LogP contribution in [0.5, 0.6) is 0 Å². The van der Waals surface area contributed by atoms with Crippen molar-refractivity contribution in [3.8, 4) is 0 Å². The number of unbranched alkanes of at least 4 members (excludes halogenated alkanes) is 1. The van der Waals surface area contributed by atoms with Gasteiger partial charge in [0.05, 0.1) is 12.1 Å². The van der Waals surface area contributed by atoms with E-state index in [0.29, 0.717) is 13.1 Å². The Labute approximate surface area is 104 Å². The lowest BCUT2D eigenvalue weighted by molar-refractivity contribution is -0.144. The van der Waals surface area contributed by atoms with Gasteiger partial charge in [0.25, 0.3) is 0 Å². The Morgan fingerprint density at radius 1 is 1.35 bits per heavy atom. The summed E-state index contributed by atoms with van der Waals surface area (Å²) in [6.45, 7) is 5.84. The Morgan fingerprint density at radius 3 is 2.47 bits per heavy atom. The molecule has 0 aromatic carbocycles. The predicted molar refractivity (Wildman–Crippen MR) is 68.7 cm³/mol. The van der Waals surface area contributed by atoms with E-state index in [1.807, 2.05) is 0 Å². The summed E-state index contributed by atoms with van der Waals surface area (Å²) in [5.41, 5.74) is 5.90. The van der Waals surface area contributed by atoms with Gasteiger partial charge in [-0.3, -0.25) is 4.79 Å². The highest BCUT2D eigenvalue weighted by molar-refractivity contribution is 5.82. The summed E-state index contributed by atoms with van der Waals surface area (Å²) in [4.78, 5) is 13.7. The van der Waals surface area contributed by atoms with E-state index in [4.69, 9.17) is 10.5 Å². The van der Waals surface area contributed by atoms with E-state index in [-0.39, 0.29) is 18.1 Å². The number of ether oxygens (including phenoxy) is 1. The SMILES string of the molecule is COC1CN(C(=O)C(N)CCCCC(C)C)C1. The number of methoxy groups -OCH3 is 1. The standard InChI is InChI=1S/C13H26N2O2/c1-10(2)6-4-5-7-12(14)13(16)15-8-11(9-15)17-3/h10-12H,4-9,14H2,1-3H3. The number of hydrogen-bond donors (Lipinski definition) is 1. The van der Waals surface area contributed by atoms with Gasteiger partial charge in [0.2, 0.25) is 5.91 Å². The summed E-state index contributed by atoms with van der Waals surface area (Å²) in [7, 11) is 1.68. The monoisotopic (exact) mass is 242 g/mol. The average Bonchev–Trinajstić information content (AvgIpc) is 2.22. The van der Waals surface area contributed by atoms with Crippen molar-refractivity contribution in [3.05, 3.63) is 0 Å². The molecule has 0 saturated carbocycles. The van der Waals surface area contributed by atoms with E-state index in [9.17, 15) is 4.79 Å². The van der Waals surface area contributed by atoms with Crippen LogP contribution in [0, 0.1) is 5.92 Å². The smallest absolute Gasteiger partial charge is 0.239 e. The second-order valence-corrected chi connectivity index (χ2v) is 5.39. The first kappa shape index (κ1) is 14.5. The van der Waals surface area contributed by atoms with Crippen LogP contribution in [0.4, 0.5) is 0 Å². The number of hydrogen-bond acceptors (Lipinski definition) is 3. The van der Waals surface area contributed by atoms with Crippen LogP contribution in [-0.4, -0.2) is 43.2 Å². The molecule has 0 aromatic heterocycles. The topological polar surface area (TPSA) is 55.6 Å². The van der Waals surface area contributed by atoms with E-state index in [0.717, 1.165) is 18.8 Å². The second kappa shape index (κ2) is 6.97. The number of amides is 1. The highest BCUT2D eigenvalue weighted by Crippen LogP contribution is 2.14. The van der Waals surface area contributed by atoms with Gasteiger partial charge < -0.3 is 15.4 Å². The molecule has 1 rings (SSSR count). The minimum absolute atomic E-state index is 0.0860. The first-order valence-corrected chi connectivity index (χ1v) is 6.61. The Hall–Kier alpha value is -0.610. The van der Waals surface area contributed by atoms with E-state index in [1.165, 1.54) is 12.8 Å². The van der Waals surface area contributed by atoms with Gasteiger partial charge in [-0.05, 0) is 12.3 Å². The molecule has 1 aliphatic heterocycles. The molecule has 1 amide bonds. The molecule has 1 unspecified atom stereocenters. The van der Waals surface area contributed by atoms with Crippen LogP contribution in [0.1, 0.15) is 39.5 Å². The molecule has 1 atom stereocenters. The largest absolute Gasteiger partial charge is 0.378 e. The minimum Gasteiger partial charge on any atom is -0.378 e. The van der Waals surface area contributed by atoms with E-state index >= 15 is 0 Å². The van der Waals surface area contributed by atoms with Crippen molar-refractivity contribution in [3.63, 3.8) is 0 Å². The van der Waals surface area contributed by atoms with E-state index < -0.39 is 0 Å². The molecular formula is C13H26N2O2. The van der Waals surface area contributed by atoms with Crippen LogP contribution >= 0.6 is 0 Å². The molecule has 0 bridgehead atoms. The Morgan fingerprint density at radius 2 is 1.94 bits per heavy atom. The predicted octanol–water partition coefficient (Wildman–Crippen LogP) is 1.39. The second-order valence-electron chi connectivity index (χ2n) is 5.39. The number of carbonyl (C=O) groups is 1. The Balaban J connectivity index is 2.11. The fourth-order valence-electron chi connectivity index (χ4n) is 2.04. The maximum Gasteiger partial charge on any atom is 0.239 e. The van der Waals surface area contributed by atoms with Gasteiger partial charge >= 0.3 is 0 Å². The van der Waals surface area contributed by atoms with E-state index in [2.05, 4.69) is 13.8 Å². The summed E-state index contributed by atoms with van der Waals surface area (Å²) < 4.78 is 5.14. The molecule has 4 heteroatoms. The molecule has 2 N–H and O–H groups in total. The lowest BCUT2D eigenvalue weighted by atomic mass is 10.0. The van der Waals surface area contributed by atoms with Crippen molar-refractivity contribution in [1.82, 2.24) is 4.90 Å². The van der Waals surface area contributed by atoms with Crippen LogP contribution in [-0.2, 0) is 9.53 Å². The van der Waals surface area contributed by atoms with Gasteiger partial charge in [0.1, 0.15) is 0 Å². The zero-order chi connectivity index (χ0) is 12.8. The summed E-state index contributed by atoms with van der Waals surface area (Å²) in [6, 6.07) is -0.319. The first-order valence-electron chi connectivity index (χ1n) is 6.61. The number of likely N-dealkylation sites (tertiary alicyclic amines) is 1. The number of nitrogens with two attached hydrogens (primary N) is 1. The quantitative estimate of drug-likeness (QED) is 0.686. The zero-order valence-corrected chi connectivity index (χ0v) is 11.3. The third kappa shape index (κ3) is 4.64. The van der Waals surface area contributed by atoms with Gasteiger partial charge in [0.15, 0.2) is 0 Å². The lowest BCUT2D eigenvalue weighted by Gasteiger charge is -2.39. The average molecular weight is 242 g/mol. The zero-order valence-electron chi connectivity index (χ0n) is 11.3. The van der Waals surface area contributed by atoms with Crippen molar-refractivity contribution in [2.24, 2.45) is 11.7 Å². The summed E-state index contributed by atoms with van der Waals surface area (Å²) >= 11 is 0. The van der Waals surface area contributed by atoms with Crippen molar-refractivity contribution < 1.29 is 9.53 Å². The third-order valence-corrected chi connectivity index (χ3v) is 3.36. The molecule has 0 radical (unpaired) electrons. The van der Waals surface area contributed by atoms with Crippen LogP contribution in [0.25, 0.3) is 0 Å². The normalized spacial score (nSPS) is 18.3. The summed E-state index contributed by atoms with van der Waals surface area (Å²) in [5.74, 6) is 0.822. The molecule has 0 aromatic rings. The van der Waals surface area contributed by atoms with Crippen molar-refractivity contribution in [2.75, 3.05) is 20.2 Å². The maximum absolute atomic E-state index is 11.9. The summed E-state index contributed by atoms with van der Waals surface area (Å²) in [5, 5.41) is 0. The lowest BCUT2D eigenvalue weighted by Crippen LogP contribution is -2.58. The van der Waals surface area contributed by atoms with Crippen LogP contribution in [0.2, 0.25) is 0 Å². The van der Waals surface area contributed by atoms with Gasteiger partial charge in [0, 0.05) is 20.2 Å². The number of carbonyl (C=O) groups excluding carboxylic acids is 1. The van der Waals surface area contributed by atoms with Crippen molar-refractivity contribution in [1.29, 1.82) is 0 Å². The fourth-order valence-corrected chi connectivity index (χ4v) is 2.04. The summed E-state index contributed by atoms with van der Waals surface area (Å²) in [6.07, 6.45) is 4.45. The van der Waals surface area contributed by atoms with Crippen LogP contribution < -0.4 is 5.73 Å². The first-order chi connectivity index (χ1) is 8.04. The number of rotatable bonds is 7. The molecule has 1 aliphatic rings. The molecule has 1 saturated heterocycles. The van der Waals surface area contributed by atoms with Gasteiger partial charge in [-0.1, -0.05) is 33.1 Å². The molecular weight excluding hydrogens is 216 g/mol. The van der Waals surface area contributed by atoms with Crippen LogP contribution in [0.15, 0.2) is 0 Å². The molecule has 0 aliphatic carbocycles. The Bertz CT molecular complexity index is 238. The molecule has 0 spiro atoms. The number of nitrogens with zero attached hydrogens (tertiary/aromatic N) is 1. The molecule has 1 fully saturated rings. The van der Waals surface area contributed by atoms with Gasteiger partial charge in [-0.25, -0.2) is 0 Å². The fraction of sp³-hybridized carbons (Fsp3) is 0.923. The molecule has 1 heterocycles. The maximum atomic E-state index is 11.9. The van der Waals surface area contributed by atoms with Gasteiger partial charge in [-0.2, -0.15) is 0 Å². The van der Waals surface area contributed by atoms with Crippen molar-refractivity contribution in [2.45, 2.75) is 51.7 Å². The van der Waals surface area contributed by atoms with Crippen LogP contribution in [0.3, 0.4) is 0 Å². The molecule has 4 nitrogen and oxygen atoms in total. The van der Waals surface area contributed by atoms with Crippen molar-refractivity contribution >= 4 is 5.91 Å². The molecule has 17 heavy (non-hydrogen) atoms. The molecule has 100 valence electrons. The highest BCUT2D eigenvalue weighted by Gasteiger charge is 2.32. The third-order valence-electron chi connectivity index (χ3n) is 3.36. The Kier molecular flexibility index (Phi) is 5.92. The highest BCUT2D eigenvalue weighted by atomic mass is 16.5. The van der Waals surface area contributed by atoms with E-state index in [1.54, 1.807) is 12.0 Å².